The molecule has 1 amide bonds. The quantitative estimate of drug-likeness (QED) is 0.644. The van der Waals surface area contributed by atoms with Crippen molar-refractivity contribution in [3.05, 3.63) is 64.9 Å². The van der Waals surface area contributed by atoms with Gasteiger partial charge in [-0.25, -0.2) is 8.78 Å². The molecular formula is C22H22F2N2O3. The van der Waals surface area contributed by atoms with Gasteiger partial charge in [0.05, 0.1) is 11.4 Å². The van der Waals surface area contributed by atoms with Crippen LogP contribution in [-0.4, -0.2) is 21.5 Å². The first-order chi connectivity index (χ1) is 13.8. The third-order valence-electron chi connectivity index (χ3n) is 5.13. The van der Waals surface area contributed by atoms with Gasteiger partial charge in [-0.3, -0.25) is 14.2 Å². The summed E-state index contributed by atoms with van der Waals surface area (Å²) in [6.07, 6.45) is 2.02. The molecule has 7 heteroatoms. The van der Waals surface area contributed by atoms with Crippen LogP contribution < -0.4 is 5.73 Å². The fourth-order valence-corrected chi connectivity index (χ4v) is 3.74. The van der Waals surface area contributed by atoms with E-state index in [4.69, 9.17) is 5.73 Å². The monoisotopic (exact) mass is 400 g/mol. The predicted octanol–water partition coefficient (Wildman–Crippen LogP) is 4.38. The minimum atomic E-state index is -0.904. The molecule has 29 heavy (non-hydrogen) atoms. The Hall–Kier alpha value is -3.22. The summed E-state index contributed by atoms with van der Waals surface area (Å²) in [4.78, 5) is 25.3. The lowest BCUT2D eigenvalue weighted by molar-refractivity contribution is -0.119. The fraction of sp³-hybridized carbons (Fsp3) is 0.273. The van der Waals surface area contributed by atoms with Crippen molar-refractivity contribution in [1.29, 1.82) is 0 Å². The van der Waals surface area contributed by atoms with Crippen LogP contribution in [0.3, 0.4) is 0 Å². The van der Waals surface area contributed by atoms with Crippen LogP contribution in [-0.2, 0) is 4.79 Å². The molecule has 3 N–H and O–H groups in total. The second-order valence-corrected chi connectivity index (χ2v) is 7.07. The number of primary amides is 1. The predicted molar refractivity (Wildman–Crippen MR) is 106 cm³/mol. The second kappa shape index (κ2) is 8.03. The molecule has 0 aliphatic carbocycles. The summed E-state index contributed by atoms with van der Waals surface area (Å²) in [7, 11) is 0. The van der Waals surface area contributed by atoms with Gasteiger partial charge in [-0.05, 0) is 43.2 Å². The van der Waals surface area contributed by atoms with Crippen LogP contribution in [0.5, 0.6) is 5.75 Å². The molecule has 1 aromatic heterocycles. The third kappa shape index (κ3) is 3.72. The van der Waals surface area contributed by atoms with E-state index >= 15 is 0 Å². The van der Waals surface area contributed by atoms with E-state index in [0.717, 1.165) is 25.0 Å². The zero-order valence-corrected chi connectivity index (χ0v) is 16.2. The number of benzene rings is 2. The highest BCUT2D eigenvalue weighted by Gasteiger charge is 2.29. The SMILES string of the molecule is CCCCC(C(N)=O)c1c(C)n(C(=O)c2cccc(F)c2)c2cc(F)c(O)cc12. The number of aromatic hydroxyl groups is 1. The van der Waals surface area contributed by atoms with E-state index in [1.807, 2.05) is 6.92 Å². The number of aromatic nitrogens is 1. The number of halogens is 2. The Bertz CT molecular complexity index is 1110. The number of rotatable bonds is 6. The van der Waals surface area contributed by atoms with Gasteiger partial charge in [0.1, 0.15) is 5.82 Å². The van der Waals surface area contributed by atoms with Crippen LogP contribution in [0.25, 0.3) is 10.9 Å². The topological polar surface area (TPSA) is 85.3 Å². The number of carbonyl (C=O) groups excluding carboxylic acids is 2. The molecule has 1 atom stereocenters. The fourth-order valence-electron chi connectivity index (χ4n) is 3.74. The lowest BCUT2D eigenvalue weighted by Crippen LogP contribution is -2.22. The van der Waals surface area contributed by atoms with Gasteiger partial charge < -0.3 is 10.8 Å². The number of unbranched alkanes of at least 4 members (excludes halogenated alkanes) is 1. The van der Waals surface area contributed by atoms with Crippen LogP contribution in [0.4, 0.5) is 8.78 Å². The van der Waals surface area contributed by atoms with Crippen LogP contribution >= 0.6 is 0 Å². The lowest BCUT2D eigenvalue weighted by atomic mass is 9.90. The standard InChI is InChI=1S/C22H22F2N2O3/c1-3-4-8-15(21(25)28)20-12(2)26(18-11-17(24)19(27)10-16(18)20)22(29)13-6-5-7-14(23)9-13/h5-7,9-11,15,27H,3-4,8H2,1-2H3,(H2,25,28). The Morgan fingerprint density at radius 3 is 2.55 bits per heavy atom. The molecule has 0 bridgehead atoms. The van der Waals surface area contributed by atoms with Crippen molar-refractivity contribution in [2.24, 2.45) is 5.73 Å². The normalized spacial score (nSPS) is 12.3. The number of nitrogens with two attached hydrogens (primary N) is 1. The smallest absolute Gasteiger partial charge is 0.262 e. The summed E-state index contributed by atoms with van der Waals surface area (Å²) in [6.45, 7) is 3.60. The van der Waals surface area contributed by atoms with Crippen molar-refractivity contribution in [2.45, 2.75) is 39.0 Å². The maximum Gasteiger partial charge on any atom is 0.262 e. The zero-order valence-electron chi connectivity index (χ0n) is 16.2. The van der Waals surface area contributed by atoms with Crippen LogP contribution in [0.15, 0.2) is 36.4 Å². The maximum atomic E-state index is 14.1. The van der Waals surface area contributed by atoms with E-state index in [1.165, 1.54) is 28.8 Å². The molecular weight excluding hydrogens is 378 g/mol. The number of carbonyl (C=O) groups is 2. The molecule has 0 spiro atoms. The Balaban J connectivity index is 2.30. The highest BCUT2D eigenvalue weighted by molar-refractivity contribution is 6.05. The van der Waals surface area contributed by atoms with E-state index in [0.29, 0.717) is 23.1 Å². The molecule has 152 valence electrons. The van der Waals surface area contributed by atoms with Gasteiger partial charge in [-0.1, -0.05) is 25.8 Å². The molecule has 0 saturated heterocycles. The molecule has 0 aliphatic heterocycles. The summed E-state index contributed by atoms with van der Waals surface area (Å²) in [5, 5.41) is 10.3. The van der Waals surface area contributed by atoms with E-state index in [-0.39, 0.29) is 11.1 Å². The van der Waals surface area contributed by atoms with E-state index < -0.39 is 35.1 Å². The van der Waals surface area contributed by atoms with Gasteiger partial charge in [-0.2, -0.15) is 0 Å². The molecule has 5 nitrogen and oxygen atoms in total. The Morgan fingerprint density at radius 2 is 1.93 bits per heavy atom. The first-order valence-corrected chi connectivity index (χ1v) is 9.39. The number of fused-ring (bicyclic) bond motifs is 1. The van der Waals surface area contributed by atoms with Gasteiger partial charge in [-0.15, -0.1) is 0 Å². The first kappa shape index (κ1) is 20.5. The molecule has 2 aromatic carbocycles. The Morgan fingerprint density at radius 1 is 1.21 bits per heavy atom. The summed E-state index contributed by atoms with van der Waals surface area (Å²) >= 11 is 0. The van der Waals surface area contributed by atoms with E-state index in [2.05, 4.69) is 0 Å². The van der Waals surface area contributed by atoms with Crippen molar-refractivity contribution in [3.8, 4) is 5.75 Å². The van der Waals surface area contributed by atoms with Crippen molar-refractivity contribution < 1.29 is 23.5 Å². The number of hydrogen-bond acceptors (Lipinski definition) is 3. The van der Waals surface area contributed by atoms with Gasteiger partial charge in [0.15, 0.2) is 11.6 Å². The molecule has 0 saturated carbocycles. The second-order valence-electron chi connectivity index (χ2n) is 7.07. The summed E-state index contributed by atoms with van der Waals surface area (Å²) in [5.74, 6) is -3.91. The molecule has 0 radical (unpaired) electrons. The molecule has 3 rings (SSSR count). The molecule has 1 unspecified atom stereocenters. The average Bonchev–Trinajstić information content (AvgIpc) is 2.93. The minimum absolute atomic E-state index is 0.0780. The van der Waals surface area contributed by atoms with Crippen LogP contribution in [0.1, 0.15) is 53.7 Å². The molecule has 0 fully saturated rings. The summed E-state index contributed by atoms with van der Waals surface area (Å²) in [6, 6.07) is 7.40. The largest absolute Gasteiger partial charge is 0.505 e. The van der Waals surface area contributed by atoms with Crippen molar-refractivity contribution >= 4 is 22.7 Å². The van der Waals surface area contributed by atoms with Gasteiger partial charge in [0, 0.05) is 22.7 Å². The highest BCUT2D eigenvalue weighted by Crippen LogP contribution is 2.37. The van der Waals surface area contributed by atoms with E-state index in [1.54, 1.807) is 6.92 Å². The molecule has 3 aromatic rings. The van der Waals surface area contributed by atoms with Crippen molar-refractivity contribution in [1.82, 2.24) is 4.57 Å². The number of phenolic OH excluding ortho intramolecular Hbond substituents is 1. The number of amides is 1. The minimum Gasteiger partial charge on any atom is -0.505 e. The van der Waals surface area contributed by atoms with Gasteiger partial charge in [0.2, 0.25) is 5.91 Å². The number of nitrogens with zero attached hydrogens (tertiary/aromatic N) is 1. The van der Waals surface area contributed by atoms with Gasteiger partial charge in [0.25, 0.3) is 5.91 Å². The van der Waals surface area contributed by atoms with Crippen molar-refractivity contribution in [3.63, 3.8) is 0 Å². The average molecular weight is 400 g/mol. The first-order valence-electron chi connectivity index (χ1n) is 9.39. The number of hydrogen-bond donors (Lipinski definition) is 2. The molecule has 0 aliphatic rings. The summed E-state index contributed by atoms with van der Waals surface area (Å²) < 4.78 is 29.0. The molecule has 1 heterocycles. The maximum absolute atomic E-state index is 14.1. The van der Waals surface area contributed by atoms with Gasteiger partial charge >= 0.3 is 0 Å². The zero-order chi connectivity index (χ0) is 21.3. The third-order valence-corrected chi connectivity index (χ3v) is 5.13. The summed E-state index contributed by atoms with van der Waals surface area (Å²) in [5.41, 5.74) is 6.77. The Labute approximate surface area is 166 Å². The Kier molecular flexibility index (Phi) is 5.68. The van der Waals surface area contributed by atoms with Crippen LogP contribution in [0, 0.1) is 18.6 Å². The highest BCUT2D eigenvalue weighted by atomic mass is 19.1. The van der Waals surface area contributed by atoms with E-state index in [9.17, 15) is 23.5 Å². The lowest BCUT2D eigenvalue weighted by Gasteiger charge is -2.14. The number of phenols is 1. The van der Waals surface area contributed by atoms with Crippen molar-refractivity contribution in [2.75, 3.05) is 0 Å². The van der Waals surface area contributed by atoms with Crippen LogP contribution in [0.2, 0.25) is 0 Å².